The number of aromatic nitrogens is 1. The molecule has 0 saturated heterocycles. The van der Waals surface area contributed by atoms with Crippen LogP contribution in [0, 0.1) is 12.8 Å². The summed E-state index contributed by atoms with van der Waals surface area (Å²) in [6.07, 6.45) is 0. The summed E-state index contributed by atoms with van der Waals surface area (Å²) in [5, 5.41) is 10.2. The molecule has 23 heavy (non-hydrogen) atoms. The number of thiophene rings is 2. The fraction of sp³-hybridized carbons (Fsp3) is 0.294. The fourth-order valence-corrected chi connectivity index (χ4v) is 4.99. The summed E-state index contributed by atoms with van der Waals surface area (Å²) < 4.78 is 0. The molecular weight excluding hydrogens is 344 g/mol. The Morgan fingerprint density at radius 3 is 2.70 bits per heavy atom. The zero-order chi connectivity index (χ0) is 16.4. The minimum absolute atomic E-state index is 0.0337. The Kier molecular flexibility index (Phi) is 4.94. The van der Waals surface area contributed by atoms with E-state index in [9.17, 15) is 4.79 Å². The molecule has 0 fully saturated rings. The lowest BCUT2D eigenvalue weighted by Gasteiger charge is -2.21. The van der Waals surface area contributed by atoms with Gasteiger partial charge in [0.25, 0.3) is 5.91 Å². The molecule has 3 nitrogen and oxygen atoms in total. The highest BCUT2D eigenvalue weighted by Gasteiger charge is 2.23. The third-order valence-electron chi connectivity index (χ3n) is 3.57. The number of amides is 1. The average Bonchev–Trinajstić information content (AvgIpc) is 3.24. The van der Waals surface area contributed by atoms with Gasteiger partial charge in [-0.3, -0.25) is 4.79 Å². The van der Waals surface area contributed by atoms with Crippen LogP contribution in [-0.2, 0) is 0 Å². The molecule has 0 aliphatic rings. The van der Waals surface area contributed by atoms with Crippen LogP contribution >= 0.6 is 34.0 Å². The van der Waals surface area contributed by atoms with Gasteiger partial charge in [0.1, 0.15) is 9.88 Å². The van der Waals surface area contributed by atoms with Gasteiger partial charge in [-0.1, -0.05) is 19.9 Å². The van der Waals surface area contributed by atoms with Gasteiger partial charge in [0.2, 0.25) is 0 Å². The molecule has 1 unspecified atom stereocenters. The zero-order valence-corrected chi connectivity index (χ0v) is 15.6. The summed E-state index contributed by atoms with van der Waals surface area (Å²) in [4.78, 5) is 19.2. The number of aryl methyl sites for hydroxylation is 1. The van der Waals surface area contributed by atoms with Crippen molar-refractivity contribution in [2.45, 2.75) is 26.8 Å². The molecule has 0 aliphatic heterocycles. The maximum atomic E-state index is 12.7. The molecule has 0 spiro atoms. The van der Waals surface area contributed by atoms with Gasteiger partial charge in [0, 0.05) is 15.8 Å². The number of nitrogens with zero attached hydrogens (tertiary/aromatic N) is 1. The van der Waals surface area contributed by atoms with Crippen LogP contribution < -0.4 is 5.32 Å². The monoisotopic (exact) mass is 362 g/mol. The van der Waals surface area contributed by atoms with Crippen LogP contribution in [0.2, 0.25) is 0 Å². The van der Waals surface area contributed by atoms with Gasteiger partial charge in [0.05, 0.1) is 11.7 Å². The number of hydrogen-bond donors (Lipinski definition) is 1. The van der Waals surface area contributed by atoms with Crippen LogP contribution in [0.1, 0.15) is 40.1 Å². The normalized spacial score (nSPS) is 12.5. The molecule has 0 aliphatic carbocycles. The Balaban J connectivity index is 1.83. The van der Waals surface area contributed by atoms with Crippen molar-refractivity contribution < 1.29 is 4.79 Å². The smallest absolute Gasteiger partial charge is 0.263 e. The van der Waals surface area contributed by atoms with E-state index in [-0.39, 0.29) is 11.9 Å². The Morgan fingerprint density at radius 2 is 2.09 bits per heavy atom. The van der Waals surface area contributed by atoms with Gasteiger partial charge >= 0.3 is 0 Å². The molecule has 1 amide bonds. The van der Waals surface area contributed by atoms with Crippen molar-refractivity contribution in [2.75, 3.05) is 0 Å². The van der Waals surface area contributed by atoms with Crippen molar-refractivity contribution in [1.82, 2.24) is 10.3 Å². The van der Waals surface area contributed by atoms with Gasteiger partial charge in [-0.2, -0.15) is 11.3 Å². The van der Waals surface area contributed by atoms with Crippen molar-refractivity contribution in [3.63, 3.8) is 0 Å². The van der Waals surface area contributed by atoms with Crippen LogP contribution in [0.5, 0.6) is 0 Å². The molecule has 6 heteroatoms. The second-order valence-electron chi connectivity index (χ2n) is 5.66. The van der Waals surface area contributed by atoms with E-state index < -0.39 is 0 Å². The number of rotatable bonds is 5. The maximum Gasteiger partial charge on any atom is 0.263 e. The number of thiazole rings is 1. The molecular formula is C17H18N2OS3. The second kappa shape index (κ2) is 6.95. The van der Waals surface area contributed by atoms with Crippen molar-refractivity contribution >= 4 is 39.9 Å². The minimum atomic E-state index is -0.0337. The van der Waals surface area contributed by atoms with E-state index in [1.807, 2.05) is 29.8 Å². The molecule has 120 valence electrons. The largest absolute Gasteiger partial charge is 0.343 e. The van der Waals surface area contributed by atoms with E-state index in [4.69, 9.17) is 0 Å². The summed E-state index contributed by atoms with van der Waals surface area (Å²) in [5.41, 5.74) is 1.88. The van der Waals surface area contributed by atoms with E-state index in [2.05, 4.69) is 35.6 Å². The van der Waals surface area contributed by atoms with Crippen LogP contribution in [0.3, 0.4) is 0 Å². The van der Waals surface area contributed by atoms with Crippen molar-refractivity contribution in [3.05, 3.63) is 49.8 Å². The lowest BCUT2D eigenvalue weighted by molar-refractivity contribution is 0.0930. The predicted molar refractivity (Wildman–Crippen MR) is 99.5 cm³/mol. The Labute approximate surface area is 148 Å². The lowest BCUT2D eigenvalue weighted by Crippen LogP contribution is -2.31. The molecule has 3 aromatic rings. The summed E-state index contributed by atoms with van der Waals surface area (Å²) in [6.45, 7) is 6.15. The van der Waals surface area contributed by atoms with Crippen molar-refractivity contribution in [1.29, 1.82) is 0 Å². The fourth-order valence-electron chi connectivity index (χ4n) is 2.36. The highest BCUT2D eigenvalue weighted by molar-refractivity contribution is 7.17. The van der Waals surface area contributed by atoms with Crippen LogP contribution in [0.25, 0.3) is 10.6 Å². The summed E-state index contributed by atoms with van der Waals surface area (Å²) in [5.74, 6) is 0.302. The standard InChI is InChI=1S/C17H18N2OS3/c1-10(2)14(13-5-4-7-22-13)19-16(20)15-11(3)18-17(23-15)12-6-8-21-9-12/h4-10,14H,1-3H3,(H,19,20). The van der Waals surface area contributed by atoms with Gasteiger partial charge < -0.3 is 5.32 Å². The summed E-state index contributed by atoms with van der Waals surface area (Å²) in [7, 11) is 0. The SMILES string of the molecule is Cc1nc(-c2ccsc2)sc1C(=O)NC(c1cccs1)C(C)C. The number of carbonyl (C=O) groups is 1. The van der Waals surface area contributed by atoms with Crippen LogP contribution in [0.15, 0.2) is 34.3 Å². The third kappa shape index (κ3) is 3.54. The highest BCUT2D eigenvalue weighted by Crippen LogP contribution is 2.31. The molecule has 3 heterocycles. The van der Waals surface area contributed by atoms with E-state index in [1.165, 1.54) is 16.2 Å². The van der Waals surface area contributed by atoms with Crippen molar-refractivity contribution in [2.24, 2.45) is 5.92 Å². The predicted octanol–water partition coefficient (Wildman–Crippen LogP) is 5.37. The van der Waals surface area contributed by atoms with E-state index in [0.717, 1.165) is 16.3 Å². The van der Waals surface area contributed by atoms with Gasteiger partial charge in [-0.15, -0.1) is 22.7 Å². The molecule has 0 saturated carbocycles. The van der Waals surface area contributed by atoms with Crippen LogP contribution in [-0.4, -0.2) is 10.9 Å². The molecule has 1 atom stereocenters. The first-order valence-electron chi connectivity index (χ1n) is 7.40. The summed E-state index contributed by atoms with van der Waals surface area (Å²) in [6, 6.07) is 6.17. The van der Waals surface area contributed by atoms with Gasteiger partial charge in [-0.25, -0.2) is 4.98 Å². The van der Waals surface area contributed by atoms with Crippen LogP contribution in [0.4, 0.5) is 0 Å². The molecule has 1 N–H and O–H groups in total. The molecule has 3 aromatic heterocycles. The van der Waals surface area contributed by atoms with E-state index in [1.54, 1.807) is 22.7 Å². The number of nitrogens with one attached hydrogen (secondary N) is 1. The Bertz CT molecular complexity index is 773. The first kappa shape index (κ1) is 16.4. The highest BCUT2D eigenvalue weighted by atomic mass is 32.1. The maximum absolute atomic E-state index is 12.7. The molecule has 3 rings (SSSR count). The van der Waals surface area contributed by atoms with Gasteiger partial charge in [0.15, 0.2) is 0 Å². The number of hydrogen-bond acceptors (Lipinski definition) is 5. The van der Waals surface area contributed by atoms with Gasteiger partial charge in [-0.05, 0) is 35.7 Å². The summed E-state index contributed by atoms with van der Waals surface area (Å²) >= 11 is 4.78. The second-order valence-corrected chi connectivity index (χ2v) is 8.41. The van der Waals surface area contributed by atoms with E-state index >= 15 is 0 Å². The number of carbonyl (C=O) groups excluding carboxylic acids is 1. The van der Waals surface area contributed by atoms with E-state index in [0.29, 0.717) is 10.8 Å². The minimum Gasteiger partial charge on any atom is -0.343 e. The molecule has 0 radical (unpaired) electrons. The average molecular weight is 363 g/mol. The molecule has 0 aromatic carbocycles. The van der Waals surface area contributed by atoms with Crippen molar-refractivity contribution in [3.8, 4) is 10.6 Å². The first-order valence-corrected chi connectivity index (χ1v) is 10.0. The first-order chi connectivity index (χ1) is 11.1. The quantitative estimate of drug-likeness (QED) is 0.663. The lowest BCUT2D eigenvalue weighted by atomic mass is 10.0. The molecule has 0 bridgehead atoms. The third-order valence-corrected chi connectivity index (χ3v) is 6.42. The Hall–Kier alpha value is -1.50. The topological polar surface area (TPSA) is 42.0 Å². The Morgan fingerprint density at radius 1 is 1.26 bits per heavy atom. The zero-order valence-electron chi connectivity index (χ0n) is 13.2.